The van der Waals surface area contributed by atoms with Crippen molar-refractivity contribution >= 4 is 5.91 Å². The molecule has 1 aromatic rings. The molecule has 4 heteroatoms. The lowest BCUT2D eigenvalue weighted by Crippen LogP contribution is -2.74. The molecule has 7 rings (SSSR count). The van der Waals surface area contributed by atoms with Crippen molar-refractivity contribution in [2.45, 2.75) is 70.6 Å². The first-order valence-corrected chi connectivity index (χ1v) is 12.2. The summed E-state index contributed by atoms with van der Waals surface area (Å²) in [6, 6.07) is 9.42. The number of carbonyl (C=O) groups is 1. The molecule has 5 aliphatic carbocycles. The molecule has 1 amide bonds. The summed E-state index contributed by atoms with van der Waals surface area (Å²) in [5.74, 6) is 1.19. The molecule has 31 heavy (non-hydrogen) atoms. The van der Waals surface area contributed by atoms with Gasteiger partial charge in [0, 0.05) is 22.9 Å². The third-order valence-corrected chi connectivity index (χ3v) is 10.6. The molecule has 0 aromatic heterocycles. The lowest BCUT2D eigenvalue weighted by Gasteiger charge is -2.73. The fourth-order valence-electron chi connectivity index (χ4n) is 9.21. The average molecular weight is 422 g/mol. The summed E-state index contributed by atoms with van der Waals surface area (Å²) in [5, 5.41) is 23.1. The summed E-state index contributed by atoms with van der Waals surface area (Å²) in [7, 11) is 0. The molecule has 1 spiro atoms. The third-order valence-electron chi connectivity index (χ3n) is 10.6. The maximum atomic E-state index is 13.6. The second-order valence-electron chi connectivity index (χ2n) is 11.7. The van der Waals surface area contributed by atoms with E-state index in [0.29, 0.717) is 23.9 Å². The highest BCUT2D eigenvalue weighted by Gasteiger charge is 2.72. The fraction of sp³-hybridized carbons (Fsp3) is 0.667. The standard InChI is InChI=1S/C27H35NO3/c1-17-15-26-12-9-19(17)13-21(26)27-11-6-10-25(2,20(27)14-22(26)29)24(31)28(16-27)23(30)18-7-4-3-5-8-18/h3-5,7-8,19-22,24,29,31H,1,6,9-16H2,2H3/t19?,20-,21?,22+,24+,25?,26-,27?/m1/s1. The smallest absolute Gasteiger partial charge is 0.255 e. The summed E-state index contributed by atoms with van der Waals surface area (Å²) in [5.41, 5.74) is 1.54. The van der Waals surface area contributed by atoms with Crippen molar-refractivity contribution in [1.82, 2.24) is 4.90 Å². The molecule has 4 nitrogen and oxygen atoms in total. The number of likely N-dealkylation sites (tertiary alicyclic amines) is 1. The van der Waals surface area contributed by atoms with E-state index >= 15 is 0 Å². The minimum atomic E-state index is -0.796. The molecule has 1 saturated heterocycles. The van der Waals surface area contributed by atoms with Crippen LogP contribution in [0.1, 0.15) is 68.6 Å². The van der Waals surface area contributed by atoms with Crippen LogP contribution in [0, 0.1) is 34.0 Å². The Hall–Kier alpha value is -1.65. The van der Waals surface area contributed by atoms with Crippen molar-refractivity contribution in [3.8, 4) is 0 Å². The molecule has 4 unspecified atom stereocenters. The van der Waals surface area contributed by atoms with Crippen LogP contribution >= 0.6 is 0 Å². The first-order valence-electron chi connectivity index (χ1n) is 12.2. The van der Waals surface area contributed by atoms with Gasteiger partial charge in [-0.15, -0.1) is 0 Å². The van der Waals surface area contributed by atoms with Gasteiger partial charge in [0.15, 0.2) is 0 Å². The van der Waals surface area contributed by atoms with Crippen LogP contribution in [0.3, 0.4) is 0 Å². The predicted molar refractivity (Wildman–Crippen MR) is 119 cm³/mol. The van der Waals surface area contributed by atoms with E-state index in [1.807, 2.05) is 30.3 Å². The third kappa shape index (κ3) is 2.41. The van der Waals surface area contributed by atoms with Gasteiger partial charge in [-0.05, 0) is 80.2 Å². The number of rotatable bonds is 1. The van der Waals surface area contributed by atoms with Crippen LogP contribution in [0.5, 0.6) is 0 Å². The summed E-state index contributed by atoms with van der Waals surface area (Å²) in [4.78, 5) is 15.4. The summed E-state index contributed by atoms with van der Waals surface area (Å²) >= 11 is 0. The Balaban J connectivity index is 1.46. The van der Waals surface area contributed by atoms with Crippen LogP contribution in [0.4, 0.5) is 0 Å². The largest absolute Gasteiger partial charge is 0.393 e. The Morgan fingerprint density at radius 1 is 1.06 bits per heavy atom. The first-order chi connectivity index (χ1) is 14.8. The zero-order valence-corrected chi connectivity index (χ0v) is 18.6. The molecule has 2 N–H and O–H groups in total. The Labute approximate surface area is 185 Å². The van der Waals surface area contributed by atoms with Gasteiger partial charge in [0.25, 0.3) is 5.91 Å². The first kappa shape index (κ1) is 20.0. The molecular formula is C27H35NO3. The van der Waals surface area contributed by atoms with Crippen LogP contribution in [-0.4, -0.2) is 39.9 Å². The van der Waals surface area contributed by atoms with E-state index in [1.165, 1.54) is 5.57 Å². The van der Waals surface area contributed by atoms with Crippen molar-refractivity contribution in [2.75, 3.05) is 6.54 Å². The maximum absolute atomic E-state index is 13.6. The van der Waals surface area contributed by atoms with E-state index in [1.54, 1.807) is 4.90 Å². The lowest BCUT2D eigenvalue weighted by molar-refractivity contribution is -0.285. The van der Waals surface area contributed by atoms with E-state index in [9.17, 15) is 15.0 Å². The molecule has 0 radical (unpaired) electrons. The van der Waals surface area contributed by atoms with Gasteiger partial charge in [-0.2, -0.15) is 0 Å². The van der Waals surface area contributed by atoms with E-state index < -0.39 is 6.23 Å². The molecule has 1 aliphatic heterocycles. The molecule has 166 valence electrons. The number of aliphatic hydroxyl groups excluding tert-OH is 2. The predicted octanol–water partition coefficient (Wildman–Crippen LogP) is 4.38. The molecule has 1 heterocycles. The van der Waals surface area contributed by atoms with E-state index in [2.05, 4.69) is 13.5 Å². The highest BCUT2D eigenvalue weighted by atomic mass is 16.3. The van der Waals surface area contributed by atoms with Crippen molar-refractivity contribution in [1.29, 1.82) is 0 Å². The van der Waals surface area contributed by atoms with Gasteiger partial charge in [-0.25, -0.2) is 0 Å². The number of fused-ring (bicyclic) bond motifs is 2. The van der Waals surface area contributed by atoms with Crippen LogP contribution in [0.2, 0.25) is 0 Å². The Bertz CT molecular complexity index is 930. The van der Waals surface area contributed by atoms with E-state index in [-0.39, 0.29) is 34.2 Å². The van der Waals surface area contributed by atoms with Crippen LogP contribution in [-0.2, 0) is 0 Å². The SMILES string of the molecule is C=C1C[C@]23CCC1CC2C12CCCC(C)([C@H](O)N(C(=O)c4ccccc4)C1)[C@H]2C[C@@H]3O. The molecule has 5 saturated carbocycles. The van der Waals surface area contributed by atoms with Crippen molar-refractivity contribution in [2.24, 2.45) is 34.0 Å². The maximum Gasteiger partial charge on any atom is 0.255 e. The van der Waals surface area contributed by atoms with Gasteiger partial charge >= 0.3 is 0 Å². The summed E-state index contributed by atoms with van der Waals surface area (Å²) in [6.45, 7) is 7.20. The fourth-order valence-corrected chi connectivity index (χ4v) is 9.21. The highest BCUT2D eigenvalue weighted by Crippen LogP contribution is 2.74. The number of carbonyl (C=O) groups excluding carboxylic acids is 1. The molecule has 4 bridgehead atoms. The molecule has 6 fully saturated rings. The Morgan fingerprint density at radius 3 is 2.58 bits per heavy atom. The van der Waals surface area contributed by atoms with E-state index in [4.69, 9.17) is 0 Å². The molecule has 1 aromatic carbocycles. The number of benzene rings is 1. The van der Waals surface area contributed by atoms with Gasteiger partial charge in [-0.3, -0.25) is 4.79 Å². The second-order valence-corrected chi connectivity index (χ2v) is 11.7. The second kappa shape index (κ2) is 6.45. The lowest BCUT2D eigenvalue weighted by atomic mass is 9.34. The van der Waals surface area contributed by atoms with Gasteiger partial charge in [0.05, 0.1) is 6.10 Å². The molecule has 8 atom stereocenters. The van der Waals surface area contributed by atoms with Crippen molar-refractivity contribution in [3.63, 3.8) is 0 Å². The van der Waals surface area contributed by atoms with Crippen LogP contribution in [0.15, 0.2) is 42.5 Å². The number of amides is 1. The molecular weight excluding hydrogens is 386 g/mol. The average Bonchev–Trinajstić information content (AvgIpc) is 2.78. The van der Waals surface area contributed by atoms with Crippen molar-refractivity contribution in [3.05, 3.63) is 48.0 Å². The number of allylic oxidation sites excluding steroid dienone is 1. The number of aliphatic hydroxyl groups is 2. The van der Waals surface area contributed by atoms with Gasteiger partial charge in [0.1, 0.15) is 6.23 Å². The van der Waals surface area contributed by atoms with E-state index in [0.717, 1.165) is 51.4 Å². The highest BCUT2D eigenvalue weighted by molar-refractivity contribution is 5.94. The zero-order valence-electron chi connectivity index (χ0n) is 18.6. The summed E-state index contributed by atoms with van der Waals surface area (Å²) < 4.78 is 0. The van der Waals surface area contributed by atoms with Crippen LogP contribution < -0.4 is 0 Å². The zero-order chi connectivity index (χ0) is 21.6. The van der Waals surface area contributed by atoms with Gasteiger partial charge in [0.2, 0.25) is 0 Å². The monoisotopic (exact) mass is 421 g/mol. The van der Waals surface area contributed by atoms with Gasteiger partial charge in [-0.1, -0.05) is 43.7 Å². The number of hydrogen-bond acceptors (Lipinski definition) is 3. The topological polar surface area (TPSA) is 60.8 Å². The Kier molecular flexibility index (Phi) is 4.16. The van der Waals surface area contributed by atoms with Gasteiger partial charge < -0.3 is 15.1 Å². The van der Waals surface area contributed by atoms with Crippen molar-refractivity contribution < 1.29 is 15.0 Å². The Morgan fingerprint density at radius 2 is 1.84 bits per heavy atom. The summed E-state index contributed by atoms with van der Waals surface area (Å²) in [6.07, 6.45) is 7.06. The minimum absolute atomic E-state index is 0.00469. The number of nitrogens with zero attached hydrogens (tertiary/aromatic N) is 1. The molecule has 6 aliphatic rings. The number of hydrogen-bond donors (Lipinski definition) is 2. The van der Waals surface area contributed by atoms with Crippen LogP contribution in [0.25, 0.3) is 0 Å². The number of piperidine rings is 1. The quantitative estimate of drug-likeness (QED) is 0.662. The normalized spacial score (nSPS) is 48.2. The minimum Gasteiger partial charge on any atom is -0.393 e.